The molecule has 1 aromatic rings. The van der Waals surface area contributed by atoms with Crippen molar-refractivity contribution in [3.63, 3.8) is 0 Å². The van der Waals surface area contributed by atoms with Gasteiger partial charge in [0.25, 0.3) is 0 Å². The number of piperazine rings is 1. The van der Waals surface area contributed by atoms with E-state index in [0.717, 1.165) is 0 Å². The Balaban J connectivity index is 1.79. The van der Waals surface area contributed by atoms with Crippen molar-refractivity contribution < 1.29 is 18.0 Å². The quantitative estimate of drug-likeness (QED) is 0.929. The summed E-state index contributed by atoms with van der Waals surface area (Å²) in [7, 11) is 0. The molecule has 1 fully saturated rings. The lowest BCUT2D eigenvalue weighted by Gasteiger charge is -2.37. The van der Waals surface area contributed by atoms with Crippen molar-refractivity contribution in [1.29, 1.82) is 0 Å². The number of carbonyl (C=O) groups excluding carboxylic acids is 1. The fourth-order valence-electron chi connectivity index (χ4n) is 2.32. The molecule has 1 saturated heterocycles. The Kier molecular flexibility index (Phi) is 5.10. The van der Waals surface area contributed by atoms with Crippen molar-refractivity contribution in [3.05, 3.63) is 22.4 Å². The largest absolute Gasteiger partial charge is 0.405 e. The molecule has 0 aliphatic carbocycles. The van der Waals surface area contributed by atoms with Gasteiger partial charge in [0.05, 0.1) is 0 Å². The van der Waals surface area contributed by atoms with E-state index in [2.05, 4.69) is 23.3 Å². The van der Waals surface area contributed by atoms with Crippen molar-refractivity contribution in [2.24, 2.45) is 0 Å². The summed E-state index contributed by atoms with van der Waals surface area (Å²) < 4.78 is 36.2. The van der Waals surface area contributed by atoms with Gasteiger partial charge in [-0.3, -0.25) is 4.90 Å². The minimum absolute atomic E-state index is 0.261. The van der Waals surface area contributed by atoms with E-state index in [1.54, 1.807) is 11.3 Å². The highest BCUT2D eigenvalue weighted by Gasteiger charge is 2.30. The van der Waals surface area contributed by atoms with Gasteiger partial charge in [-0.05, 0) is 29.3 Å². The molecule has 21 heavy (non-hydrogen) atoms. The first-order valence-corrected chi connectivity index (χ1v) is 7.67. The lowest BCUT2D eigenvalue weighted by atomic mass is 10.1. The van der Waals surface area contributed by atoms with Crippen LogP contribution in [0.2, 0.25) is 0 Å². The molecule has 4 nitrogen and oxygen atoms in total. The summed E-state index contributed by atoms with van der Waals surface area (Å²) in [5, 5.41) is 6.02. The first-order chi connectivity index (χ1) is 9.87. The van der Waals surface area contributed by atoms with Crippen LogP contribution in [0.4, 0.5) is 18.0 Å². The molecule has 0 saturated carbocycles. The molecule has 118 valence electrons. The van der Waals surface area contributed by atoms with Crippen LogP contribution in [0.15, 0.2) is 16.8 Å². The summed E-state index contributed by atoms with van der Waals surface area (Å²) in [4.78, 5) is 15.3. The third kappa shape index (κ3) is 4.60. The molecule has 2 heterocycles. The Morgan fingerprint density at radius 3 is 2.57 bits per heavy atom. The Morgan fingerprint density at radius 2 is 2.05 bits per heavy atom. The third-order valence-electron chi connectivity index (χ3n) is 3.61. The van der Waals surface area contributed by atoms with Crippen molar-refractivity contribution in [2.75, 3.05) is 32.7 Å². The molecule has 1 atom stereocenters. The van der Waals surface area contributed by atoms with Gasteiger partial charge >= 0.3 is 12.2 Å². The van der Waals surface area contributed by atoms with Crippen molar-refractivity contribution in [3.8, 4) is 0 Å². The van der Waals surface area contributed by atoms with E-state index in [1.807, 2.05) is 10.7 Å². The highest BCUT2D eigenvalue weighted by molar-refractivity contribution is 7.07. The lowest BCUT2D eigenvalue weighted by molar-refractivity contribution is -0.123. The Bertz CT molecular complexity index is 456. The number of urea groups is 1. The number of hydrogen-bond donors (Lipinski definition) is 1. The van der Waals surface area contributed by atoms with E-state index in [1.165, 1.54) is 10.5 Å². The van der Waals surface area contributed by atoms with Crippen molar-refractivity contribution in [1.82, 2.24) is 15.1 Å². The molecule has 1 aliphatic heterocycles. The van der Waals surface area contributed by atoms with E-state index in [4.69, 9.17) is 0 Å². The number of thiophene rings is 1. The summed E-state index contributed by atoms with van der Waals surface area (Å²) in [5.74, 6) is 0. The zero-order chi connectivity index (χ0) is 15.5. The predicted octanol–water partition coefficient (Wildman–Crippen LogP) is 2.70. The normalized spacial score (nSPS) is 18.6. The zero-order valence-corrected chi connectivity index (χ0v) is 12.5. The second-order valence-corrected chi connectivity index (χ2v) is 5.81. The molecule has 0 radical (unpaired) electrons. The van der Waals surface area contributed by atoms with Crippen LogP contribution in [0.1, 0.15) is 18.5 Å². The Labute approximate surface area is 125 Å². The monoisotopic (exact) mass is 321 g/mol. The van der Waals surface area contributed by atoms with E-state index in [-0.39, 0.29) is 6.04 Å². The van der Waals surface area contributed by atoms with Gasteiger partial charge < -0.3 is 10.2 Å². The predicted molar refractivity (Wildman–Crippen MR) is 75.3 cm³/mol. The van der Waals surface area contributed by atoms with Gasteiger partial charge in [0.15, 0.2) is 0 Å². The Hall–Kier alpha value is -1.28. The minimum Gasteiger partial charge on any atom is -0.329 e. The van der Waals surface area contributed by atoms with E-state index < -0.39 is 18.8 Å². The molecule has 1 N–H and O–H groups in total. The van der Waals surface area contributed by atoms with Gasteiger partial charge in [0.2, 0.25) is 0 Å². The average molecular weight is 321 g/mol. The number of nitrogens with zero attached hydrogens (tertiary/aromatic N) is 2. The summed E-state index contributed by atoms with van der Waals surface area (Å²) in [6, 6.07) is 1.68. The van der Waals surface area contributed by atoms with Gasteiger partial charge in [-0.25, -0.2) is 4.79 Å². The van der Waals surface area contributed by atoms with Crippen LogP contribution in [0, 0.1) is 0 Å². The molecule has 0 bridgehead atoms. The molecule has 0 unspecified atom stereocenters. The molecule has 0 spiro atoms. The number of alkyl halides is 3. The fourth-order valence-corrected chi connectivity index (χ4v) is 3.07. The van der Waals surface area contributed by atoms with Crippen LogP contribution < -0.4 is 5.32 Å². The summed E-state index contributed by atoms with van der Waals surface area (Å²) in [5.41, 5.74) is 1.23. The van der Waals surface area contributed by atoms with E-state index in [0.29, 0.717) is 26.2 Å². The maximum Gasteiger partial charge on any atom is 0.405 e. The molecule has 1 aliphatic rings. The van der Waals surface area contributed by atoms with Crippen molar-refractivity contribution in [2.45, 2.75) is 19.1 Å². The summed E-state index contributed by atoms with van der Waals surface area (Å²) in [6.07, 6.45) is -4.37. The first-order valence-electron chi connectivity index (χ1n) is 6.72. The minimum atomic E-state index is -4.37. The number of nitrogens with one attached hydrogen (secondary N) is 1. The van der Waals surface area contributed by atoms with Gasteiger partial charge in [-0.15, -0.1) is 0 Å². The number of amides is 2. The molecule has 2 amide bonds. The number of carbonyl (C=O) groups is 1. The van der Waals surface area contributed by atoms with Crippen LogP contribution in [0.3, 0.4) is 0 Å². The summed E-state index contributed by atoms with van der Waals surface area (Å²) >= 11 is 1.64. The zero-order valence-electron chi connectivity index (χ0n) is 11.7. The SMILES string of the molecule is C[C@@H](c1ccsc1)N1CCN(C(=O)NCC(F)(F)F)CC1. The molecule has 1 aromatic heterocycles. The van der Waals surface area contributed by atoms with E-state index in [9.17, 15) is 18.0 Å². The first kappa shape index (κ1) is 16.1. The molecule has 8 heteroatoms. The Morgan fingerprint density at radius 1 is 1.38 bits per heavy atom. The van der Waals surface area contributed by atoms with Gasteiger partial charge in [-0.1, -0.05) is 0 Å². The topological polar surface area (TPSA) is 35.6 Å². The lowest BCUT2D eigenvalue weighted by Crippen LogP contribution is -2.53. The average Bonchev–Trinajstić information content (AvgIpc) is 2.97. The molecular weight excluding hydrogens is 303 g/mol. The molecular formula is C13H18F3N3OS. The maximum absolute atomic E-state index is 12.1. The highest BCUT2D eigenvalue weighted by atomic mass is 32.1. The number of rotatable bonds is 3. The van der Waals surface area contributed by atoms with E-state index >= 15 is 0 Å². The standard InChI is InChI=1S/C13H18F3N3OS/c1-10(11-2-7-21-8-11)18-3-5-19(6-4-18)12(20)17-9-13(14,15)16/h2,7-8,10H,3-6,9H2,1H3,(H,17,20)/t10-/m0/s1. The highest BCUT2D eigenvalue weighted by Crippen LogP contribution is 2.23. The van der Waals surface area contributed by atoms with Crippen LogP contribution in [0.25, 0.3) is 0 Å². The number of halogens is 3. The van der Waals surface area contributed by atoms with Gasteiger partial charge in [-0.2, -0.15) is 24.5 Å². The summed E-state index contributed by atoms with van der Waals surface area (Å²) in [6.45, 7) is 3.03. The smallest absolute Gasteiger partial charge is 0.329 e. The second kappa shape index (κ2) is 6.65. The maximum atomic E-state index is 12.1. The van der Waals surface area contributed by atoms with Gasteiger partial charge in [0.1, 0.15) is 6.54 Å². The number of hydrogen-bond acceptors (Lipinski definition) is 3. The third-order valence-corrected chi connectivity index (χ3v) is 4.32. The fraction of sp³-hybridized carbons (Fsp3) is 0.615. The van der Waals surface area contributed by atoms with Crippen LogP contribution >= 0.6 is 11.3 Å². The molecule has 0 aromatic carbocycles. The van der Waals surface area contributed by atoms with Gasteiger partial charge in [0, 0.05) is 32.2 Å². The van der Waals surface area contributed by atoms with Crippen LogP contribution in [0.5, 0.6) is 0 Å². The molecule has 2 rings (SSSR count). The second-order valence-electron chi connectivity index (χ2n) is 5.03. The van der Waals surface area contributed by atoms with Crippen LogP contribution in [-0.4, -0.2) is 54.7 Å². The van der Waals surface area contributed by atoms with Crippen molar-refractivity contribution >= 4 is 17.4 Å². The van der Waals surface area contributed by atoms with Crippen LogP contribution in [-0.2, 0) is 0 Å².